The molecule has 136 valence electrons. The molecule has 0 saturated heterocycles. The monoisotopic (exact) mass is 381 g/mol. The number of nitrogens with one attached hydrogen (secondary N) is 2. The first-order valence-corrected chi connectivity index (χ1v) is 9.69. The van der Waals surface area contributed by atoms with Crippen LogP contribution < -0.4 is 15.8 Å². The summed E-state index contributed by atoms with van der Waals surface area (Å²) in [4.78, 5) is 0.0585. The van der Waals surface area contributed by atoms with Crippen LogP contribution in [0, 0.1) is 5.41 Å². The predicted molar refractivity (Wildman–Crippen MR) is 103 cm³/mol. The standard InChI is InChI=1S/C16H23N5O2S2/c1-16(2,3)14(11-21-10-4-9-18-21)20-15(24)19-12-5-7-13(8-6-12)25(17,22)23/h4-10,14H,11H2,1-3H3,(H2,17,22,23)(H2,19,20,24). The van der Waals surface area contributed by atoms with E-state index < -0.39 is 10.0 Å². The predicted octanol–water partition coefficient (Wildman–Crippen LogP) is 1.93. The molecule has 1 aromatic carbocycles. The summed E-state index contributed by atoms with van der Waals surface area (Å²) in [5, 5.41) is 16.1. The normalized spacial score (nSPS) is 13.3. The van der Waals surface area contributed by atoms with Gasteiger partial charge in [-0.3, -0.25) is 4.68 Å². The largest absolute Gasteiger partial charge is 0.357 e. The Kier molecular flexibility index (Phi) is 5.81. The molecule has 4 N–H and O–H groups in total. The van der Waals surface area contributed by atoms with Crippen LogP contribution in [0.2, 0.25) is 0 Å². The maximum Gasteiger partial charge on any atom is 0.238 e. The van der Waals surface area contributed by atoms with Crippen LogP contribution in [0.4, 0.5) is 5.69 Å². The fourth-order valence-corrected chi connectivity index (χ4v) is 2.96. The third kappa shape index (κ3) is 5.80. The zero-order valence-corrected chi connectivity index (χ0v) is 16.1. The Morgan fingerprint density at radius 1 is 1.32 bits per heavy atom. The number of rotatable bonds is 5. The summed E-state index contributed by atoms with van der Waals surface area (Å²) in [6.07, 6.45) is 3.65. The second-order valence-electron chi connectivity index (χ2n) is 6.81. The fourth-order valence-electron chi connectivity index (χ4n) is 2.18. The molecule has 2 rings (SSSR count). The van der Waals surface area contributed by atoms with Gasteiger partial charge >= 0.3 is 0 Å². The Hall–Kier alpha value is -1.97. The molecule has 0 fully saturated rings. The van der Waals surface area contributed by atoms with Gasteiger partial charge in [0.15, 0.2) is 5.11 Å². The maximum absolute atomic E-state index is 11.3. The summed E-state index contributed by atoms with van der Waals surface area (Å²) in [7, 11) is -3.70. The molecule has 0 spiro atoms. The minimum absolute atomic E-state index is 0.0465. The quantitative estimate of drug-likeness (QED) is 0.684. The van der Waals surface area contributed by atoms with Crippen molar-refractivity contribution in [3.05, 3.63) is 42.7 Å². The summed E-state index contributed by atoms with van der Waals surface area (Å²) in [6, 6.07) is 8.04. The van der Waals surface area contributed by atoms with Crippen molar-refractivity contribution in [1.29, 1.82) is 0 Å². The van der Waals surface area contributed by atoms with Crippen molar-refractivity contribution in [3.8, 4) is 0 Å². The van der Waals surface area contributed by atoms with Crippen molar-refractivity contribution in [2.45, 2.75) is 38.3 Å². The van der Waals surface area contributed by atoms with Gasteiger partial charge in [0, 0.05) is 18.1 Å². The number of nitrogens with zero attached hydrogens (tertiary/aromatic N) is 2. The Labute approximate surface area is 153 Å². The lowest BCUT2D eigenvalue weighted by Crippen LogP contribution is -2.48. The van der Waals surface area contributed by atoms with Gasteiger partial charge in [-0.25, -0.2) is 13.6 Å². The molecule has 0 bridgehead atoms. The van der Waals surface area contributed by atoms with Gasteiger partial charge in [0.1, 0.15) is 0 Å². The number of nitrogens with two attached hydrogens (primary N) is 1. The zero-order chi connectivity index (χ0) is 18.7. The highest BCUT2D eigenvalue weighted by Gasteiger charge is 2.26. The number of primary sulfonamides is 1. The molecular weight excluding hydrogens is 358 g/mol. The fraction of sp³-hybridized carbons (Fsp3) is 0.375. The molecule has 0 saturated carbocycles. The molecule has 1 atom stereocenters. The highest BCUT2D eigenvalue weighted by atomic mass is 32.2. The molecule has 1 heterocycles. The molecule has 9 heteroatoms. The number of benzene rings is 1. The van der Waals surface area contributed by atoms with Crippen LogP contribution >= 0.6 is 12.2 Å². The van der Waals surface area contributed by atoms with Crippen molar-refractivity contribution in [1.82, 2.24) is 15.1 Å². The van der Waals surface area contributed by atoms with E-state index in [4.69, 9.17) is 17.4 Å². The molecule has 0 radical (unpaired) electrons. The van der Waals surface area contributed by atoms with Crippen molar-refractivity contribution in [2.75, 3.05) is 5.32 Å². The number of thiocarbonyl (C=S) groups is 1. The van der Waals surface area contributed by atoms with Gasteiger partial charge < -0.3 is 10.6 Å². The van der Waals surface area contributed by atoms with Crippen molar-refractivity contribution >= 4 is 33.0 Å². The Morgan fingerprint density at radius 2 is 1.96 bits per heavy atom. The van der Waals surface area contributed by atoms with E-state index in [0.29, 0.717) is 17.3 Å². The molecule has 25 heavy (non-hydrogen) atoms. The topological polar surface area (TPSA) is 102 Å². The Bertz CT molecular complexity index is 809. The molecule has 1 unspecified atom stereocenters. The number of hydrogen-bond acceptors (Lipinski definition) is 4. The smallest absolute Gasteiger partial charge is 0.238 e. The van der Waals surface area contributed by atoms with E-state index in [-0.39, 0.29) is 16.4 Å². The number of aromatic nitrogens is 2. The lowest BCUT2D eigenvalue weighted by Gasteiger charge is -2.32. The lowest BCUT2D eigenvalue weighted by atomic mass is 9.87. The van der Waals surface area contributed by atoms with Gasteiger partial charge in [0.25, 0.3) is 0 Å². The van der Waals surface area contributed by atoms with Crippen LogP contribution in [0.3, 0.4) is 0 Å². The van der Waals surface area contributed by atoms with Gasteiger partial charge in [0.05, 0.1) is 17.5 Å². The van der Waals surface area contributed by atoms with E-state index in [9.17, 15) is 8.42 Å². The van der Waals surface area contributed by atoms with Gasteiger partial charge in [0.2, 0.25) is 10.0 Å². The van der Waals surface area contributed by atoms with Crippen molar-refractivity contribution < 1.29 is 8.42 Å². The molecule has 0 amide bonds. The first kappa shape index (κ1) is 19.4. The highest BCUT2D eigenvalue weighted by Crippen LogP contribution is 2.21. The summed E-state index contributed by atoms with van der Waals surface area (Å²) in [5.74, 6) is 0. The summed E-state index contributed by atoms with van der Waals surface area (Å²) < 4.78 is 24.4. The number of anilines is 1. The van der Waals surface area contributed by atoms with E-state index in [1.807, 2.05) is 16.9 Å². The average Bonchev–Trinajstić information content (AvgIpc) is 2.98. The maximum atomic E-state index is 11.3. The number of hydrogen-bond donors (Lipinski definition) is 3. The first-order chi connectivity index (χ1) is 11.6. The first-order valence-electron chi connectivity index (χ1n) is 7.73. The molecule has 0 aliphatic carbocycles. The second-order valence-corrected chi connectivity index (χ2v) is 8.78. The van der Waals surface area contributed by atoms with Gasteiger partial charge in [-0.2, -0.15) is 5.10 Å². The van der Waals surface area contributed by atoms with Crippen molar-refractivity contribution in [3.63, 3.8) is 0 Å². The van der Waals surface area contributed by atoms with E-state index in [1.54, 1.807) is 18.3 Å². The molecule has 2 aromatic rings. The van der Waals surface area contributed by atoms with Crippen LogP contribution in [0.1, 0.15) is 20.8 Å². The average molecular weight is 382 g/mol. The van der Waals surface area contributed by atoms with E-state index >= 15 is 0 Å². The van der Waals surface area contributed by atoms with Crippen LogP contribution in [0.15, 0.2) is 47.6 Å². The van der Waals surface area contributed by atoms with Gasteiger partial charge in [-0.15, -0.1) is 0 Å². The summed E-state index contributed by atoms with van der Waals surface area (Å²) >= 11 is 5.39. The lowest BCUT2D eigenvalue weighted by molar-refractivity contribution is 0.262. The van der Waals surface area contributed by atoms with Crippen LogP contribution in [-0.4, -0.2) is 29.4 Å². The second kappa shape index (κ2) is 7.51. The Morgan fingerprint density at radius 3 is 2.44 bits per heavy atom. The van der Waals surface area contributed by atoms with Crippen LogP contribution in [0.5, 0.6) is 0 Å². The SMILES string of the molecule is CC(C)(C)C(Cn1cccn1)NC(=S)Nc1ccc(S(N)(=O)=O)cc1. The molecule has 7 nitrogen and oxygen atoms in total. The molecule has 0 aliphatic rings. The van der Waals surface area contributed by atoms with Crippen LogP contribution in [-0.2, 0) is 16.6 Å². The highest BCUT2D eigenvalue weighted by molar-refractivity contribution is 7.89. The third-order valence-electron chi connectivity index (χ3n) is 3.72. The third-order valence-corrected chi connectivity index (χ3v) is 4.87. The van der Waals surface area contributed by atoms with Crippen LogP contribution in [0.25, 0.3) is 0 Å². The van der Waals surface area contributed by atoms with E-state index in [1.165, 1.54) is 12.1 Å². The van der Waals surface area contributed by atoms with Gasteiger partial charge in [-0.1, -0.05) is 20.8 Å². The summed E-state index contributed by atoms with van der Waals surface area (Å²) in [6.45, 7) is 7.04. The van der Waals surface area contributed by atoms with E-state index in [2.05, 4.69) is 36.5 Å². The van der Waals surface area contributed by atoms with E-state index in [0.717, 1.165) is 0 Å². The van der Waals surface area contributed by atoms with Gasteiger partial charge in [-0.05, 0) is 48.0 Å². The minimum atomic E-state index is -3.70. The Balaban J connectivity index is 2.03. The zero-order valence-electron chi connectivity index (χ0n) is 14.4. The minimum Gasteiger partial charge on any atom is -0.357 e. The molecule has 1 aromatic heterocycles. The number of sulfonamides is 1. The summed E-state index contributed by atoms with van der Waals surface area (Å²) in [5.41, 5.74) is 0.631. The molecule has 0 aliphatic heterocycles. The molecular formula is C16H23N5O2S2. The van der Waals surface area contributed by atoms with Crippen molar-refractivity contribution in [2.24, 2.45) is 10.6 Å².